The van der Waals surface area contributed by atoms with E-state index in [1.807, 2.05) is 0 Å². The number of allylic oxidation sites excluding steroid dienone is 1. The van der Waals surface area contributed by atoms with Crippen LogP contribution in [0.2, 0.25) is 0 Å². The SMILES string of the molecule is CO[C@@](C(=O)OC1C=CC(=O)C1)(c1ccccc1)C(F)(F)F. The molecule has 0 radical (unpaired) electrons. The van der Waals surface area contributed by atoms with Crippen LogP contribution >= 0.6 is 0 Å². The lowest BCUT2D eigenvalue weighted by molar-refractivity contribution is -0.277. The highest BCUT2D eigenvalue weighted by molar-refractivity contribution is 5.93. The molecule has 0 saturated heterocycles. The van der Waals surface area contributed by atoms with Gasteiger partial charge in [0.25, 0.3) is 5.60 Å². The molecule has 4 nitrogen and oxygen atoms in total. The van der Waals surface area contributed by atoms with Gasteiger partial charge in [-0.15, -0.1) is 0 Å². The summed E-state index contributed by atoms with van der Waals surface area (Å²) in [5.41, 5.74) is -3.61. The summed E-state index contributed by atoms with van der Waals surface area (Å²) < 4.78 is 50.1. The van der Waals surface area contributed by atoms with E-state index in [2.05, 4.69) is 4.74 Å². The summed E-state index contributed by atoms with van der Waals surface area (Å²) in [6.45, 7) is 0. The van der Waals surface area contributed by atoms with Gasteiger partial charge in [0, 0.05) is 12.7 Å². The van der Waals surface area contributed by atoms with Crippen LogP contribution in [-0.2, 0) is 24.7 Å². The molecular formula is C15H13F3O4. The molecule has 22 heavy (non-hydrogen) atoms. The fourth-order valence-corrected chi connectivity index (χ4v) is 2.24. The van der Waals surface area contributed by atoms with E-state index >= 15 is 0 Å². The predicted octanol–water partition coefficient (Wildman–Crippen LogP) is 2.53. The van der Waals surface area contributed by atoms with Crippen LogP contribution in [0.3, 0.4) is 0 Å². The molecule has 118 valence electrons. The maximum Gasteiger partial charge on any atom is 0.432 e. The maximum atomic E-state index is 13.6. The summed E-state index contributed by atoms with van der Waals surface area (Å²) in [5, 5.41) is 0. The van der Waals surface area contributed by atoms with Crippen LogP contribution in [0.15, 0.2) is 42.5 Å². The van der Waals surface area contributed by atoms with Crippen LogP contribution in [0.5, 0.6) is 0 Å². The average molecular weight is 314 g/mol. The minimum Gasteiger partial charge on any atom is -0.455 e. The minimum absolute atomic E-state index is 0.168. The normalized spacial score (nSPS) is 20.7. The molecule has 1 unspecified atom stereocenters. The first-order valence-corrected chi connectivity index (χ1v) is 6.41. The first-order valence-electron chi connectivity index (χ1n) is 6.41. The third kappa shape index (κ3) is 2.76. The molecule has 2 atom stereocenters. The number of methoxy groups -OCH3 is 1. The van der Waals surface area contributed by atoms with Gasteiger partial charge in [0.05, 0.1) is 6.42 Å². The maximum absolute atomic E-state index is 13.6. The minimum atomic E-state index is -5.02. The summed E-state index contributed by atoms with van der Waals surface area (Å²) in [7, 11) is 0.789. The number of esters is 1. The second-order valence-corrected chi connectivity index (χ2v) is 4.72. The van der Waals surface area contributed by atoms with E-state index in [9.17, 15) is 22.8 Å². The number of halogens is 3. The summed E-state index contributed by atoms with van der Waals surface area (Å²) in [6.07, 6.45) is -3.78. The third-order valence-corrected chi connectivity index (χ3v) is 3.33. The number of hydrogen-bond acceptors (Lipinski definition) is 4. The molecule has 1 aromatic rings. The number of alkyl halides is 3. The number of ether oxygens (including phenoxy) is 2. The summed E-state index contributed by atoms with van der Waals surface area (Å²) >= 11 is 0. The molecule has 0 N–H and O–H groups in total. The van der Waals surface area contributed by atoms with Gasteiger partial charge in [0.15, 0.2) is 5.78 Å². The molecule has 1 aliphatic carbocycles. The van der Waals surface area contributed by atoms with Gasteiger partial charge in [-0.25, -0.2) is 4.79 Å². The first-order chi connectivity index (χ1) is 10.3. The largest absolute Gasteiger partial charge is 0.455 e. The molecule has 0 aliphatic heterocycles. The molecule has 0 amide bonds. The molecule has 2 rings (SSSR count). The van der Waals surface area contributed by atoms with Crippen molar-refractivity contribution < 1.29 is 32.2 Å². The smallest absolute Gasteiger partial charge is 0.432 e. The summed E-state index contributed by atoms with van der Waals surface area (Å²) in [6, 6.07) is 6.51. The fraction of sp³-hybridized carbons (Fsp3) is 0.333. The zero-order valence-corrected chi connectivity index (χ0v) is 11.6. The number of benzene rings is 1. The van der Waals surface area contributed by atoms with Gasteiger partial charge >= 0.3 is 12.1 Å². The van der Waals surface area contributed by atoms with E-state index in [0.717, 1.165) is 19.2 Å². The van der Waals surface area contributed by atoms with Crippen LogP contribution in [0, 0.1) is 0 Å². The predicted molar refractivity (Wildman–Crippen MR) is 69.8 cm³/mol. The van der Waals surface area contributed by atoms with Gasteiger partial charge in [-0.2, -0.15) is 13.2 Å². The highest BCUT2D eigenvalue weighted by Crippen LogP contribution is 2.43. The van der Waals surface area contributed by atoms with Crippen LogP contribution in [0.4, 0.5) is 13.2 Å². The number of carbonyl (C=O) groups is 2. The zero-order valence-electron chi connectivity index (χ0n) is 11.6. The van der Waals surface area contributed by atoms with Crippen molar-refractivity contribution in [3.8, 4) is 0 Å². The molecule has 1 aliphatic rings. The molecule has 0 aromatic heterocycles. The van der Waals surface area contributed by atoms with Gasteiger partial charge in [-0.1, -0.05) is 30.3 Å². The van der Waals surface area contributed by atoms with Gasteiger partial charge < -0.3 is 9.47 Å². The Kier molecular flexibility index (Phi) is 4.37. The monoisotopic (exact) mass is 314 g/mol. The van der Waals surface area contributed by atoms with Crippen molar-refractivity contribution in [2.24, 2.45) is 0 Å². The van der Waals surface area contributed by atoms with Crippen molar-refractivity contribution in [2.75, 3.05) is 7.11 Å². The number of rotatable bonds is 4. The second kappa shape index (κ2) is 5.92. The van der Waals surface area contributed by atoms with E-state index in [1.54, 1.807) is 0 Å². The molecule has 0 bridgehead atoms. The molecular weight excluding hydrogens is 301 g/mol. The molecule has 0 fully saturated rings. The number of carbonyl (C=O) groups excluding carboxylic acids is 2. The Labute approximate surface area is 124 Å². The third-order valence-electron chi connectivity index (χ3n) is 3.33. The van der Waals surface area contributed by atoms with E-state index in [4.69, 9.17) is 4.74 Å². The lowest BCUT2D eigenvalue weighted by atomic mass is 9.92. The highest BCUT2D eigenvalue weighted by atomic mass is 19.4. The van der Waals surface area contributed by atoms with Crippen LogP contribution in [0.25, 0.3) is 0 Å². The van der Waals surface area contributed by atoms with Crippen LogP contribution in [-0.4, -0.2) is 31.1 Å². The van der Waals surface area contributed by atoms with Gasteiger partial charge in [-0.05, 0) is 12.2 Å². The fourth-order valence-electron chi connectivity index (χ4n) is 2.24. The lowest BCUT2D eigenvalue weighted by Gasteiger charge is -2.33. The summed E-state index contributed by atoms with van der Waals surface area (Å²) in [5.74, 6) is -1.91. The van der Waals surface area contributed by atoms with E-state index in [-0.39, 0.29) is 17.8 Å². The van der Waals surface area contributed by atoms with Gasteiger partial charge in [-0.3, -0.25) is 4.79 Å². The van der Waals surface area contributed by atoms with Crippen molar-refractivity contribution in [3.63, 3.8) is 0 Å². The van der Waals surface area contributed by atoms with Crippen molar-refractivity contribution in [2.45, 2.75) is 24.3 Å². The topological polar surface area (TPSA) is 52.6 Å². The lowest BCUT2D eigenvalue weighted by Crippen LogP contribution is -2.52. The van der Waals surface area contributed by atoms with Crippen LogP contribution < -0.4 is 0 Å². The summed E-state index contributed by atoms with van der Waals surface area (Å²) in [4.78, 5) is 23.3. The van der Waals surface area contributed by atoms with E-state index in [0.29, 0.717) is 0 Å². The van der Waals surface area contributed by atoms with Crippen molar-refractivity contribution in [1.29, 1.82) is 0 Å². The standard InChI is InChI=1S/C15H13F3O4/c1-21-14(15(16,17)18,10-5-3-2-4-6-10)13(20)22-12-8-7-11(19)9-12/h2-8,12H,9H2,1H3/t12?,14-/m1/s1. The quantitative estimate of drug-likeness (QED) is 0.802. The molecule has 0 heterocycles. The Morgan fingerprint density at radius 2 is 1.86 bits per heavy atom. The Hall–Kier alpha value is -2.15. The van der Waals surface area contributed by atoms with Crippen molar-refractivity contribution in [3.05, 3.63) is 48.0 Å². The van der Waals surface area contributed by atoms with E-state index < -0.39 is 23.9 Å². The molecule has 0 saturated carbocycles. The van der Waals surface area contributed by atoms with Gasteiger partial charge in [0.2, 0.25) is 0 Å². The van der Waals surface area contributed by atoms with Crippen molar-refractivity contribution in [1.82, 2.24) is 0 Å². The van der Waals surface area contributed by atoms with Gasteiger partial charge in [0.1, 0.15) is 6.10 Å². The number of ketones is 1. The van der Waals surface area contributed by atoms with Crippen LogP contribution in [0.1, 0.15) is 12.0 Å². The Morgan fingerprint density at radius 1 is 1.23 bits per heavy atom. The molecule has 7 heteroatoms. The van der Waals surface area contributed by atoms with Crippen molar-refractivity contribution >= 4 is 11.8 Å². The zero-order chi connectivity index (χ0) is 16.4. The number of hydrogen-bond donors (Lipinski definition) is 0. The molecule has 1 aromatic carbocycles. The average Bonchev–Trinajstić information content (AvgIpc) is 2.85. The Bertz CT molecular complexity index is 595. The second-order valence-electron chi connectivity index (χ2n) is 4.72. The first kappa shape index (κ1) is 16.2. The highest BCUT2D eigenvalue weighted by Gasteiger charge is 2.64. The molecule has 0 spiro atoms. The Balaban J connectivity index is 2.38. The Morgan fingerprint density at radius 3 is 2.32 bits per heavy atom. The van der Waals surface area contributed by atoms with E-state index in [1.165, 1.54) is 30.4 Å².